The molecule has 3 rings (SSSR count). The molecule has 0 amide bonds. The van der Waals surface area contributed by atoms with Gasteiger partial charge < -0.3 is 4.74 Å². The van der Waals surface area contributed by atoms with Gasteiger partial charge in [0.1, 0.15) is 5.75 Å². The summed E-state index contributed by atoms with van der Waals surface area (Å²) in [7, 11) is 1.63. The fourth-order valence-electron chi connectivity index (χ4n) is 2.37. The molecule has 1 heterocycles. The van der Waals surface area contributed by atoms with Gasteiger partial charge in [-0.25, -0.2) is 0 Å². The number of ether oxygens (including phenoxy) is 1. The predicted molar refractivity (Wildman–Crippen MR) is 73.2 cm³/mol. The van der Waals surface area contributed by atoms with E-state index < -0.39 is 0 Å². The molecule has 0 spiro atoms. The number of pyridine rings is 1. The maximum Gasteiger partial charge on any atom is 0.189 e. The second-order valence-corrected chi connectivity index (χ2v) is 4.44. The normalized spacial score (nSPS) is 15.6. The lowest BCUT2D eigenvalue weighted by molar-refractivity contribution is 0.104. The van der Waals surface area contributed by atoms with E-state index in [1.807, 2.05) is 36.4 Å². The zero-order valence-electron chi connectivity index (χ0n) is 10.6. The van der Waals surface area contributed by atoms with Gasteiger partial charge in [-0.3, -0.25) is 9.78 Å². The Hall–Kier alpha value is -2.42. The van der Waals surface area contributed by atoms with E-state index >= 15 is 0 Å². The molecule has 1 aliphatic carbocycles. The van der Waals surface area contributed by atoms with Crippen molar-refractivity contribution in [2.45, 2.75) is 6.42 Å². The first-order valence-corrected chi connectivity index (χ1v) is 6.11. The van der Waals surface area contributed by atoms with E-state index in [2.05, 4.69) is 4.98 Å². The molecule has 3 heteroatoms. The smallest absolute Gasteiger partial charge is 0.189 e. The third-order valence-electron chi connectivity index (χ3n) is 3.30. The van der Waals surface area contributed by atoms with E-state index in [-0.39, 0.29) is 5.78 Å². The van der Waals surface area contributed by atoms with E-state index in [0.29, 0.717) is 6.42 Å². The van der Waals surface area contributed by atoms with Crippen molar-refractivity contribution in [3.05, 3.63) is 65.0 Å². The molecule has 0 saturated heterocycles. The van der Waals surface area contributed by atoms with Crippen LogP contribution in [0.4, 0.5) is 0 Å². The topological polar surface area (TPSA) is 39.2 Å². The van der Waals surface area contributed by atoms with Crippen molar-refractivity contribution in [3.8, 4) is 5.75 Å². The van der Waals surface area contributed by atoms with Gasteiger partial charge in [-0.05, 0) is 29.8 Å². The molecule has 1 aromatic heterocycles. The average Bonchev–Trinajstić information content (AvgIpc) is 2.77. The van der Waals surface area contributed by atoms with Gasteiger partial charge in [0, 0.05) is 35.5 Å². The fourth-order valence-corrected chi connectivity index (χ4v) is 2.37. The Morgan fingerprint density at radius 2 is 2.00 bits per heavy atom. The number of ketones is 1. The highest BCUT2D eigenvalue weighted by Crippen LogP contribution is 2.33. The number of carbonyl (C=O) groups is 1. The van der Waals surface area contributed by atoms with Crippen LogP contribution in [0.15, 0.2) is 48.3 Å². The molecule has 0 atom stereocenters. The van der Waals surface area contributed by atoms with Gasteiger partial charge in [0.25, 0.3) is 0 Å². The van der Waals surface area contributed by atoms with Crippen LogP contribution >= 0.6 is 0 Å². The van der Waals surface area contributed by atoms with E-state index in [1.165, 1.54) is 0 Å². The number of aromatic nitrogens is 1. The van der Waals surface area contributed by atoms with Crippen LogP contribution in [0.5, 0.6) is 5.75 Å². The quantitative estimate of drug-likeness (QED) is 0.770. The first kappa shape index (κ1) is 11.7. The molecule has 19 heavy (non-hydrogen) atoms. The minimum absolute atomic E-state index is 0.0886. The molecular formula is C16H13NO2. The number of allylic oxidation sites excluding steroid dienone is 1. The van der Waals surface area contributed by atoms with Crippen LogP contribution < -0.4 is 4.74 Å². The fraction of sp³-hybridized carbons (Fsp3) is 0.125. The first-order chi connectivity index (χ1) is 9.29. The second-order valence-electron chi connectivity index (χ2n) is 4.44. The zero-order valence-corrected chi connectivity index (χ0v) is 10.6. The van der Waals surface area contributed by atoms with Crippen molar-refractivity contribution in [2.24, 2.45) is 0 Å². The van der Waals surface area contributed by atoms with Gasteiger partial charge in [-0.15, -0.1) is 0 Å². The summed E-state index contributed by atoms with van der Waals surface area (Å²) < 4.78 is 5.31. The van der Waals surface area contributed by atoms with Gasteiger partial charge in [-0.1, -0.05) is 12.1 Å². The summed E-state index contributed by atoms with van der Waals surface area (Å²) in [5.74, 6) is 0.870. The van der Waals surface area contributed by atoms with Crippen molar-refractivity contribution < 1.29 is 9.53 Å². The summed E-state index contributed by atoms with van der Waals surface area (Å²) in [6, 6.07) is 9.38. The van der Waals surface area contributed by atoms with Gasteiger partial charge in [0.2, 0.25) is 0 Å². The molecule has 0 bridgehead atoms. The third-order valence-corrected chi connectivity index (χ3v) is 3.30. The summed E-state index contributed by atoms with van der Waals surface area (Å²) >= 11 is 0. The molecule has 1 aromatic carbocycles. The van der Waals surface area contributed by atoms with E-state index in [1.54, 1.807) is 19.5 Å². The van der Waals surface area contributed by atoms with Crippen molar-refractivity contribution >= 4 is 11.9 Å². The highest BCUT2D eigenvalue weighted by atomic mass is 16.5. The van der Waals surface area contributed by atoms with E-state index in [0.717, 1.165) is 28.0 Å². The van der Waals surface area contributed by atoms with Gasteiger partial charge in [-0.2, -0.15) is 0 Å². The highest BCUT2D eigenvalue weighted by molar-refractivity contribution is 6.16. The van der Waals surface area contributed by atoms with Crippen LogP contribution in [-0.4, -0.2) is 17.9 Å². The number of Topliss-reactive ketones (excluding diaryl/α,β-unsaturated/α-hetero) is 1. The maximum absolute atomic E-state index is 12.3. The predicted octanol–water partition coefficient (Wildman–Crippen LogP) is 2.91. The Bertz CT molecular complexity index is 660. The molecule has 0 saturated carbocycles. The van der Waals surface area contributed by atoms with Crippen LogP contribution in [0.1, 0.15) is 21.5 Å². The number of methoxy groups -OCH3 is 1. The molecule has 94 valence electrons. The Morgan fingerprint density at radius 1 is 1.21 bits per heavy atom. The largest absolute Gasteiger partial charge is 0.496 e. The first-order valence-electron chi connectivity index (χ1n) is 6.11. The van der Waals surface area contributed by atoms with Crippen molar-refractivity contribution in [1.29, 1.82) is 0 Å². The summed E-state index contributed by atoms with van der Waals surface area (Å²) in [5, 5.41) is 0. The summed E-state index contributed by atoms with van der Waals surface area (Å²) in [4.78, 5) is 16.3. The monoisotopic (exact) mass is 251 g/mol. The van der Waals surface area contributed by atoms with Crippen molar-refractivity contribution in [2.75, 3.05) is 7.11 Å². The Labute approximate surface area is 111 Å². The number of hydrogen-bond acceptors (Lipinski definition) is 3. The van der Waals surface area contributed by atoms with Crippen molar-refractivity contribution in [1.82, 2.24) is 4.98 Å². The minimum atomic E-state index is 0.0886. The molecule has 0 fully saturated rings. The summed E-state index contributed by atoms with van der Waals surface area (Å²) in [6.07, 6.45) is 5.99. The number of fused-ring (bicyclic) bond motifs is 1. The van der Waals surface area contributed by atoms with Crippen LogP contribution in [0.3, 0.4) is 0 Å². The average molecular weight is 251 g/mol. The molecule has 0 N–H and O–H groups in total. The van der Waals surface area contributed by atoms with Gasteiger partial charge >= 0.3 is 0 Å². The van der Waals surface area contributed by atoms with E-state index in [9.17, 15) is 4.79 Å². The van der Waals surface area contributed by atoms with E-state index in [4.69, 9.17) is 4.74 Å². The third kappa shape index (κ3) is 2.03. The molecule has 0 radical (unpaired) electrons. The molecular weight excluding hydrogens is 238 g/mol. The van der Waals surface area contributed by atoms with Gasteiger partial charge in [0.05, 0.1) is 7.11 Å². The molecule has 2 aromatic rings. The number of nitrogens with zero attached hydrogens (tertiary/aromatic N) is 1. The SMILES string of the molecule is COc1cccc2c1C/C(=C\c1ccncc1)C2=O. The molecule has 1 aliphatic rings. The number of benzene rings is 1. The van der Waals surface area contributed by atoms with Gasteiger partial charge in [0.15, 0.2) is 5.78 Å². The maximum atomic E-state index is 12.3. The Morgan fingerprint density at radius 3 is 2.74 bits per heavy atom. The lowest BCUT2D eigenvalue weighted by Crippen LogP contribution is -1.95. The standard InChI is InChI=1S/C16H13NO2/c1-19-15-4-2-3-13-14(15)10-12(16(13)18)9-11-5-7-17-8-6-11/h2-9H,10H2,1H3/b12-9+. The Balaban J connectivity index is 2.02. The summed E-state index contributed by atoms with van der Waals surface area (Å²) in [6.45, 7) is 0. The van der Waals surface area contributed by atoms with Crippen molar-refractivity contribution in [3.63, 3.8) is 0 Å². The van der Waals surface area contributed by atoms with Crippen LogP contribution in [-0.2, 0) is 6.42 Å². The van der Waals surface area contributed by atoms with Crippen LogP contribution in [0.2, 0.25) is 0 Å². The molecule has 3 nitrogen and oxygen atoms in total. The second kappa shape index (κ2) is 4.69. The highest BCUT2D eigenvalue weighted by Gasteiger charge is 2.27. The number of rotatable bonds is 2. The lowest BCUT2D eigenvalue weighted by Gasteiger charge is -2.04. The van der Waals surface area contributed by atoms with Crippen LogP contribution in [0, 0.1) is 0 Å². The number of carbonyl (C=O) groups excluding carboxylic acids is 1. The Kier molecular flexibility index (Phi) is 2.88. The molecule has 0 unspecified atom stereocenters. The molecule has 0 aliphatic heterocycles. The summed E-state index contributed by atoms with van der Waals surface area (Å²) in [5.41, 5.74) is 3.52. The van der Waals surface area contributed by atoms with Crippen LogP contribution in [0.25, 0.3) is 6.08 Å². The number of hydrogen-bond donors (Lipinski definition) is 0. The lowest BCUT2D eigenvalue weighted by atomic mass is 10.1. The zero-order chi connectivity index (χ0) is 13.2. The minimum Gasteiger partial charge on any atom is -0.496 e.